The van der Waals surface area contributed by atoms with Gasteiger partial charge in [-0.15, -0.1) is 0 Å². The minimum atomic E-state index is -0.349. The molecule has 6 nitrogen and oxygen atoms in total. The molecule has 1 aromatic carbocycles. The molecular formula is C25H34N2O4. The number of benzene rings is 1. The molecular weight excluding hydrogens is 392 g/mol. The summed E-state index contributed by atoms with van der Waals surface area (Å²) in [5.41, 5.74) is 1.16. The van der Waals surface area contributed by atoms with E-state index in [-0.39, 0.29) is 18.1 Å². The van der Waals surface area contributed by atoms with Crippen LogP contribution >= 0.6 is 0 Å². The average molecular weight is 427 g/mol. The SMILES string of the molecule is CCCCc1cc(=O)oc2cc(OCC(=O)NCC3CCCN4CCCCC34)ccc12. The summed E-state index contributed by atoms with van der Waals surface area (Å²) in [5.74, 6) is 0.968. The Morgan fingerprint density at radius 3 is 2.94 bits per heavy atom. The topological polar surface area (TPSA) is 71.8 Å². The number of aryl methyl sites for hydroxylation is 1. The monoisotopic (exact) mass is 426 g/mol. The van der Waals surface area contributed by atoms with Crippen molar-refractivity contribution in [1.29, 1.82) is 0 Å². The Hall–Kier alpha value is -2.34. The summed E-state index contributed by atoms with van der Waals surface area (Å²) in [6, 6.07) is 7.65. The van der Waals surface area contributed by atoms with Gasteiger partial charge in [0.15, 0.2) is 6.61 Å². The molecule has 3 heterocycles. The molecule has 0 saturated carbocycles. The Bertz CT molecular complexity index is 952. The van der Waals surface area contributed by atoms with E-state index in [9.17, 15) is 9.59 Å². The summed E-state index contributed by atoms with van der Waals surface area (Å²) in [4.78, 5) is 26.9. The zero-order chi connectivity index (χ0) is 21.6. The smallest absolute Gasteiger partial charge is 0.336 e. The molecule has 2 aromatic rings. The highest BCUT2D eigenvalue weighted by Crippen LogP contribution is 2.30. The maximum atomic E-state index is 12.4. The summed E-state index contributed by atoms with van der Waals surface area (Å²) in [5, 5.41) is 4.00. The predicted octanol–water partition coefficient (Wildman–Crippen LogP) is 3.90. The number of nitrogens with one attached hydrogen (secondary N) is 1. The second-order valence-corrected chi connectivity index (χ2v) is 8.95. The van der Waals surface area contributed by atoms with E-state index < -0.39 is 0 Å². The van der Waals surface area contributed by atoms with Crippen LogP contribution in [-0.2, 0) is 11.2 Å². The maximum Gasteiger partial charge on any atom is 0.336 e. The molecule has 2 fully saturated rings. The molecule has 6 heteroatoms. The Morgan fingerprint density at radius 1 is 1.19 bits per heavy atom. The van der Waals surface area contributed by atoms with Crippen LogP contribution in [-0.4, -0.2) is 43.1 Å². The number of nitrogens with zero attached hydrogens (tertiary/aromatic N) is 1. The van der Waals surface area contributed by atoms with E-state index in [2.05, 4.69) is 17.1 Å². The molecule has 1 amide bonds. The lowest BCUT2D eigenvalue weighted by molar-refractivity contribution is -0.123. The lowest BCUT2D eigenvalue weighted by Gasteiger charge is -2.44. The van der Waals surface area contributed by atoms with Crippen LogP contribution in [0.25, 0.3) is 11.0 Å². The molecule has 1 N–H and O–H groups in total. The molecule has 2 aliphatic heterocycles. The Balaban J connectivity index is 1.32. The Morgan fingerprint density at radius 2 is 2.06 bits per heavy atom. The number of fused-ring (bicyclic) bond motifs is 2. The van der Waals surface area contributed by atoms with Crippen molar-refractivity contribution < 1.29 is 13.9 Å². The van der Waals surface area contributed by atoms with E-state index in [0.717, 1.165) is 36.8 Å². The van der Waals surface area contributed by atoms with E-state index in [1.165, 1.54) is 45.2 Å². The highest BCUT2D eigenvalue weighted by atomic mass is 16.5. The van der Waals surface area contributed by atoms with Gasteiger partial charge in [-0.05, 0) is 75.2 Å². The van der Waals surface area contributed by atoms with Crippen LogP contribution < -0.4 is 15.7 Å². The zero-order valence-corrected chi connectivity index (χ0v) is 18.5. The quantitative estimate of drug-likeness (QED) is 0.649. The van der Waals surface area contributed by atoms with E-state index in [1.54, 1.807) is 12.1 Å². The van der Waals surface area contributed by atoms with Crippen LogP contribution in [0, 0.1) is 5.92 Å². The third-order valence-electron chi connectivity index (χ3n) is 6.76. The zero-order valence-electron chi connectivity index (χ0n) is 18.5. The molecule has 0 bridgehead atoms. The Kier molecular flexibility index (Phi) is 7.28. The van der Waals surface area contributed by atoms with Crippen LogP contribution in [0.15, 0.2) is 33.5 Å². The van der Waals surface area contributed by atoms with Crippen molar-refractivity contribution in [3.05, 3.63) is 40.2 Å². The second-order valence-electron chi connectivity index (χ2n) is 8.95. The lowest BCUT2D eigenvalue weighted by Crippen LogP contribution is -2.51. The average Bonchev–Trinajstić information content (AvgIpc) is 2.79. The fraction of sp³-hybridized carbons (Fsp3) is 0.600. The molecule has 168 valence electrons. The van der Waals surface area contributed by atoms with Gasteiger partial charge in [-0.2, -0.15) is 0 Å². The number of unbranched alkanes of at least 4 members (excludes halogenated alkanes) is 1. The molecule has 2 atom stereocenters. The van der Waals surface area contributed by atoms with E-state index in [1.807, 2.05) is 12.1 Å². The first kappa shape index (κ1) is 21.9. The van der Waals surface area contributed by atoms with Crippen molar-refractivity contribution >= 4 is 16.9 Å². The van der Waals surface area contributed by atoms with Gasteiger partial charge in [0.1, 0.15) is 11.3 Å². The largest absolute Gasteiger partial charge is 0.484 e. The van der Waals surface area contributed by atoms with Crippen LogP contribution in [0.1, 0.15) is 57.4 Å². The highest BCUT2D eigenvalue weighted by Gasteiger charge is 2.32. The van der Waals surface area contributed by atoms with E-state index >= 15 is 0 Å². The number of carbonyl (C=O) groups is 1. The van der Waals surface area contributed by atoms with Crippen LogP contribution in [0.4, 0.5) is 0 Å². The second kappa shape index (κ2) is 10.3. The van der Waals surface area contributed by atoms with Gasteiger partial charge in [-0.3, -0.25) is 4.79 Å². The molecule has 2 saturated heterocycles. The molecule has 0 spiro atoms. The number of carbonyl (C=O) groups excluding carboxylic acids is 1. The van der Waals surface area contributed by atoms with Crippen LogP contribution in [0.3, 0.4) is 0 Å². The van der Waals surface area contributed by atoms with Crippen molar-refractivity contribution in [2.24, 2.45) is 5.92 Å². The normalized spacial score (nSPS) is 21.6. The third-order valence-corrected chi connectivity index (χ3v) is 6.76. The summed E-state index contributed by atoms with van der Waals surface area (Å²) < 4.78 is 11.1. The summed E-state index contributed by atoms with van der Waals surface area (Å²) in [7, 11) is 0. The van der Waals surface area contributed by atoms with E-state index in [4.69, 9.17) is 9.15 Å². The van der Waals surface area contributed by atoms with E-state index in [0.29, 0.717) is 23.3 Å². The van der Waals surface area contributed by atoms with Crippen molar-refractivity contribution in [2.45, 2.75) is 64.3 Å². The first-order valence-corrected chi connectivity index (χ1v) is 11.8. The number of ether oxygens (including phenoxy) is 1. The van der Waals surface area contributed by atoms with Crippen molar-refractivity contribution in [3.8, 4) is 5.75 Å². The molecule has 0 aliphatic carbocycles. The number of rotatable bonds is 8. The minimum absolute atomic E-state index is 0.0354. The van der Waals surface area contributed by atoms with Gasteiger partial charge < -0.3 is 19.4 Å². The van der Waals surface area contributed by atoms with Gasteiger partial charge in [0.25, 0.3) is 5.91 Å². The van der Waals surface area contributed by atoms with Gasteiger partial charge in [0.2, 0.25) is 0 Å². The molecule has 1 aromatic heterocycles. The van der Waals surface area contributed by atoms with Gasteiger partial charge in [-0.25, -0.2) is 4.79 Å². The van der Waals surface area contributed by atoms with Crippen LogP contribution in [0.2, 0.25) is 0 Å². The fourth-order valence-corrected chi connectivity index (χ4v) is 5.13. The molecule has 2 aliphatic rings. The Labute approximate surface area is 183 Å². The maximum absolute atomic E-state index is 12.4. The van der Waals surface area contributed by atoms with Crippen molar-refractivity contribution in [3.63, 3.8) is 0 Å². The number of amides is 1. The molecule has 2 unspecified atom stereocenters. The molecule has 31 heavy (non-hydrogen) atoms. The lowest BCUT2D eigenvalue weighted by atomic mass is 9.83. The third kappa shape index (κ3) is 5.48. The first-order valence-electron chi connectivity index (χ1n) is 11.8. The minimum Gasteiger partial charge on any atom is -0.484 e. The predicted molar refractivity (Wildman–Crippen MR) is 122 cm³/mol. The number of hydrogen-bond acceptors (Lipinski definition) is 5. The van der Waals surface area contributed by atoms with Crippen molar-refractivity contribution in [2.75, 3.05) is 26.2 Å². The number of piperidine rings is 2. The molecule has 4 rings (SSSR count). The number of hydrogen-bond donors (Lipinski definition) is 1. The fourth-order valence-electron chi connectivity index (χ4n) is 5.13. The summed E-state index contributed by atoms with van der Waals surface area (Å²) >= 11 is 0. The van der Waals surface area contributed by atoms with Gasteiger partial charge >= 0.3 is 5.63 Å². The highest BCUT2D eigenvalue weighted by molar-refractivity contribution is 5.82. The summed E-state index contributed by atoms with van der Waals surface area (Å²) in [6.45, 7) is 5.22. The van der Waals surface area contributed by atoms with Crippen molar-refractivity contribution in [1.82, 2.24) is 10.2 Å². The standard InChI is InChI=1S/C25H34N2O4/c1-2-3-7-18-14-25(29)31-23-15-20(10-11-21(18)23)30-17-24(28)26-16-19-8-6-13-27-12-5-4-9-22(19)27/h10-11,14-15,19,22H,2-9,12-13,16-17H2,1H3,(H,26,28). The molecule has 0 radical (unpaired) electrons. The van der Waals surface area contributed by atoms with Gasteiger partial charge in [0, 0.05) is 30.1 Å². The van der Waals surface area contributed by atoms with Gasteiger partial charge in [-0.1, -0.05) is 19.8 Å². The van der Waals surface area contributed by atoms with Crippen LogP contribution in [0.5, 0.6) is 5.75 Å². The van der Waals surface area contributed by atoms with Gasteiger partial charge in [0.05, 0.1) is 0 Å². The summed E-state index contributed by atoms with van der Waals surface area (Å²) in [6.07, 6.45) is 9.19. The first-order chi connectivity index (χ1) is 15.1.